The maximum absolute atomic E-state index is 12.2. The van der Waals surface area contributed by atoms with Crippen molar-refractivity contribution in [1.29, 1.82) is 0 Å². The number of carbonyl (C=O) groups excluding carboxylic acids is 2. The van der Waals surface area contributed by atoms with Gasteiger partial charge in [0, 0.05) is 17.0 Å². The molecule has 1 atom stereocenters. The lowest BCUT2D eigenvalue weighted by Crippen LogP contribution is -2.22. The third-order valence-corrected chi connectivity index (χ3v) is 5.51. The average Bonchev–Trinajstić information content (AvgIpc) is 3.18. The molecule has 0 bridgehead atoms. The molecule has 1 N–H and O–H groups in total. The Bertz CT molecular complexity index is 778. The van der Waals surface area contributed by atoms with Crippen molar-refractivity contribution in [3.8, 4) is 0 Å². The first-order chi connectivity index (χ1) is 11.9. The van der Waals surface area contributed by atoms with E-state index in [9.17, 15) is 9.59 Å². The molecule has 134 valence electrons. The van der Waals surface area contributed by atoms with Gasteiger partial charge in [0.2, 0.25) is 0 Å². The van der Waals surface area contributed by atoms with Crippen molar-refractivity contribution in [3.05, 3.63) is 33.6 Å². The maximum Gasteiger partial charge on any atom is 0.348 e. The summed E-state index contributed by atoms with van der Waals surface area (Å²) >= 11 is 1.49. The molecule has 1 aliphatic carbocycles. The predicted molar refractivity (Wildman–Crippen MR) is 97.0 cm³/mol. The van der Waals surface area contributed by atoms with E-state index < -0.39 is 5.97 Å². The highest BCUT2D eigenvalue weighted by molar-refractivity contribution is 7.14. The first kappa shape index (κ1) is 17.7. The largest absolute Gasteiger partial charge is 0.451 e. The van der Waals surface area contributed by atoms with Gasteiger partial charge in [-0.25, -0.2) is 9.48 Å². The zero-order valence-electron chi connectivity index (χ0n) is 14.7. The van der Waals surface area contributed by atoms with E-state index in [0.29, 0.717) is 16.6 Å². The SMILES string of the molecule is CC(C)n1nccc1NC(=O)COC(=O)c1cc2c(s1)CC[C@H](C)C2. The summed E-state index contributed by atoms with van der Waals surface area (Å²) in [5, 5.41) is 6.87. The van der Waals surface area contributed by atoms with Gasteiger partial charge >= 0.3 is 5.97 Å². The zero-order valence-corrected chi connectivity index (χ0v) is 15.6. The summed E-state index contributed by atoms with van der Waals surface area (Å²) in [6.45, 7) is 5.87. The van der Waals surface area contributed by atoms with Crippen LogP contribution in [0.3, 0.4) is 0 Å². The van der Waals surface area contributed by atoms with Crippen LogP contribution in [-0.4, -0.2) is 28.3 Å². The first-order valence-electron chi connectivity index (χ1n) is 8.56. The Morgan fingerprint density at radius 1 is 1.48 bits per heavy atom. The Morgan fingerprint density at radius 3 is 3.04 bits per heavy atom. The van der Waals surface area contributed by atoms with Crippen LogP contribution in [0.4, 0.5) is 5.82 Å². The first-order valence-corrected chi connectivity index (χ1v) is 9.37. The summed E-state index contributed by atoms with van der Waals surface area (Å²) in [4.78, 5) is 26.1. The molecule has 0 saturated heterocycles. The number of nitrogens with zero attached hydrogens (tertiary/aromatic N) is 2. The van der Waals surface area contributed by atoms with Gasteiger partial charge in [0.05, 0.1) is 6.20 Å². The summed E-state index contributed by atoms with van der Waals surface area (Å²) < 4.78 is 6.88. The molecule has 2 aromatic heterocycles. The average molecular weight is 361 g/mol. The van der Waals surface area contributed by atoms with Crippen LogP contribution in [0.1, 0.15) is 53.3 Å². The van der Waals surface area contributed by atoms with Gasteiger partial charge in [-0.05, 0) is 50.7 Å². The molecule has 0 aliphatic heterocycles. The minimum atomic E-state index is -0.431. The Balaban J connectivity index is 1.55. The molecule has 2 aromatic rings. The van der Waals surface area contributed by atoms with E-state index in [4.69, 9.17) is 4.74 Å². The van der Waals surface area contributed by atoms with Crippen molar-refractivity contribution in [2.24, 2.45) is 5.92 Å². The lowest BCUT2D eigenvalue weighted by molar-refractivity contribution is -0.119. The van der Waals surface area contributed by atoms with Crippen molar-refractivity contribution in [2.75, 3.05) is 11.9 Å². The number of anilines is 1. The molecule has 0 saturated carbocycles. The van der Waals surface area contributed by atoms with Crippen molar-refractivity contribution >= 4 is 29.0 Å². The smallest absolute Gasteiger partial charge is 0.348 e. The van der Waals surface area contributed by atoms with E-state index >= 15 is 0 Å². The molecule has 25 heavy (non-hydrogen) atoms. The molecule has 2 heterocycles. The van der Waals surface area contributed by atoms with Gasteiger partial charge in [0.1, 0.15) is 10.7 Å². The number of nitrogens with one attached hydrogen (secondary N) is 1. The number of rotatable bonds is 5. The number of aryl methyl sites for hydroxylation is 1. The quantitative estimate of drug-likeness (QED) is 0.828. The second-order valence-electron chi connectivity index (χ2n) is 6.79. The Kier molecular flexibility index (Phi) is 5.22. The highest BCUT2D eigenvalue weighted by Gasteiger charge is 2.22. The molecule has 3 rings (SSSR count). The minimum absolute atomic E-state index is 0.132. The number of fused-ring (bicyclic) bond motifs is 1. The molecule has 0 aromatic carbocycles. The number of esters is 1. The maximum atomic E-state index is 12.2. The second kappa shape index (κ2) is 7.39. The summed E-state index contributed by atoms with van der Waals surface area (Å²) in [6, 6.07) is 3.77. The van der Waals surface area contributed by atoms with E-state index in [1.54, 1.807) is 16.9 Å². The summed E-state index contributed by atoms with van der Waals surface area (Å²) in [6.07, 6.45) is 4.82. The fourth-order valence-corrected chi connectivity index (χ4v) is 4.11. The van der Waals surface area contributed by atoms with Crippen LogP contribution >= 0.6 is 11.3 Å². The number of hydrogen-bond acceptors (Lipinski definition) is 5. The molecule has 0 spiro atoms. The Hall–Kier alpha value is -2.15. The number of amides is 1. The van der Waals surface area contributed by atoms with Gasteiger partial charge in [-0.3, -0.25) is 4.79 Å². The molecule has 0 fully saturated rings. The fourth-order valence-electron chi connectivity index (χ4n) is 3.01. The highest BCUT2D eigenvalue weighted by atomic mass is 32.1. The number of thiophene rings is 1. The summed E-state index contributed by atoms with van der Waals surface area (Å²) in [5.41, 5.74) is 1.25. The Morgan fingerprint density at radius 2 is 2.28 bits per heavy atom. The van der Waals surface area contributed by atoms with Gasteiger partial charge < -0.3 is 10.1 Å². The van der Waals surface area contributed by atoms with Crippen LogP contribution in [0.15, 0.2) is 18.3 Å². The van der Waals surface area contributed by atoms with Crippen LogP contribution in [0, 0.1) is 5.92 Å². The summed E-state index contributed by atoms with van der Waals surface area (Å²) in [7, 11) is 0. The van der Waals surface area contributed by atoms with Gasteiger partial charge in [0.15, 0.2) is 6.61 Å². The minimum Gasteiger partial charge on any atom is -0.451 e. The van der Waals surface area contributed by atoms with E-state index in [1.807, 2.05) is 19.9 Å². The predicted octanol–water partition coefficient (Wildman–Crippen LogP) is 3.45. The monoisotopic (exact) mass is 361 g/mol. The lowest BCUT2D eigenvalue weighted by atomic mass is 9.90. The van der Waals surface area contributed by atoms with Crippen molar-refractivity contribution < 1.29 is 14.3 Å². The molecule has 1 aliphatic rings. The number of hydrogen-bond donors (Lipinski definition) is 1. The fraction of sp³-hybridized carbons (Fsp3) is 0.500. The van der Waals surface area contributed by atoms with Crippen molar-refractivity contribution in [1.82, 2.24) is 9.78 Å². The normalized spacial score (nSPS) is 16.6. The molecule has 0 unspecified atom stereocenters. The van der Waals surface area contributed by atoms with E-state index in [-0.39, 0.29) is 18.6 Å². The van der Waals surface area contributed by atoms with Crippen LogP contribution in [-0.2, 0) is 22.4 Å². The number of aromatic nitrogens is 2. The summed E-state index contributed by atoms with van der Waals surface area (Å²) in [5.74, 6) is 0.449. The van der Waals surface area contributed by atoms with Gasteiger partial charge in [-0.1, -0.05) is 6.92 Å². The topological polar surface area (TPSA) is 73.2 Å². The third kappa shape index (κ3) is 4.10. The van der Waals surface area contributed by atoms with Crippen LogP contribution in [0.25, 0.3) is 0 Å². The third-order valence-electron chi connectivity index (χ3n) is 4.29. The molecule has 0 radical (unpaired) electrons. The molecule has 6 nitrogen and oxygen atoms in total. The lowest BCUT2D eigenvalue weighted by Gasteiger charge is -2.16. The van der Waals surface area contributed by atoms with Gasteiger partial charge in [-0.2, -0.15) is 5.10 Å². The van der Waals surface area contributed by atoms with Crippen molar-refractivity contribution in [2.45, 2.75) is 46.1 Å². The molecular weight excluding hydrogens is 338 g/mol. The second-order valence-corrected chi connectivity index (χ2v) is 7.92. The van der Waals surface area contributed by atoms with Gasteiger partial charge in [-0.15, -0.1) is 11.3 Å². The van der Waals surface area contributed by atoms with Crippen LogP contribution < -0.4 is 5.32 Å². The van der Waals surface area contributed by atoms with Gasteiger partial charge in [0.25, 0.3) is 5.91 Å². The molecule has 1 amide bonds. The number of ether oxygens (including phenoxy) is 1. The molecular formula is C18H23N3O3S. The van der Waals surface area contributed by atoms with E-state index in [1.165, 1.54) is 21.8 Å². The van der Waals surface area contributed by atoms with Crippen molar-refractivity contribution in [3.63, 3.8) is 0 Å². The standard InChI is InChI=1S/C18H23N3O3S/c1-11(2)21-16(6-7-19-21)20-17(22)10-24-18(23)15-9-13-8-12(3)4-5-14(13)25-15/h6-7,9,11-12H,4-5,8,10H2,1-3H3,(H,20,22)/t12-/m0/s1. The zero-order chi connectivity index (χ0) is 18.0. The highest BCUT2D eigenvalue weighted by Crippen LogP contribution is 2.32. The van der Waals surface area contributed by atoms with E-state index in [0.717, 1.165) is 19.3 Å². The van der Waals surface area contributed by atoms with E-state index in [2.05, 4.69) is 17.3 Å². The van der Waals surface area contributed by atoms with Crippen LogP contribution in [0.5, 0.6) is 0 Å². The molecule has 7 heteroatoms. The number of carbonyl (C=O) groups is 2. The van der Waals surface area contributed by atoms with Crippen LogP contribution in [0.2, 0.25) is 0 Å². The Labute approximate surface area is 151 Å².